The molecule has 0 spiro atoms. The molecule has 1 atom stereocenters. The number of sulfonamides is 1. The fourth-order valence-corrected chi connectivity index (χ4v) is 3.95. The molecule has 7 heteroatoms. The van der Waals surface area contributed by atoms with Crippen molar-refractivity contribution >= 4 is 27.7 Å². The molecule has 2 aromatic carbocycles. The Morgan fingerprint density at radius 2 is 1.85 bits per heavy atom. The van der Waals surface area contributed by atoms with Gasteiger partial charge in [-0.25, -0.2) is 13.6 Å². The predicted octanol–water partition coefficient (Wildman–Crippen LogP) is 3.10. The highest BCUT2D eigenvalue weighted by Crippen LogP contribution is 2.22. The SMILES string of the molecule is Cc1cccc(CSCC(=O)N(C)C(C)c2ccc(S(N)(=O)=O)cc2)c1. The molecule has 0 aliphatic heterocycles. The zero-order chi connectivity index (χ0) is 19.3. The Balaban J connectivity index is 1.92. The minimum Gasteiger partial charge on any atom is -0.338 e. The van der Waals surface area contributed by atoms with E-state index in [0.29, 0.717) is 5.75 Å². The first kappa shape index (κ1) is 20.5. The van der Waals surface area contributed by atoms with E-state index in [0.717, 1.165) is 11.3 Å². The zero-order valence-corrected chi connectivity index (χ0v) is 16.8. The molecule has 2 N–H and O–H groups in total. The number of nitrogens with two attached hydrogens (primary N) is 1. The third-order valence-corrected chi connectivity index (χ3v) is 6.16. The minimum atomic E-state index is -3.71. The Hall–Kier alpha value is -1.83. The van der Waals surface area contributed by atoms with Crippen LogP contribution in [0.15, 0.2) is 53.4 Å². The average Bonchev–Trinajstić information content (AvgIpc) is 2.60. The standard InChI is InChI=1S/C19H24N2O3S2/c1-14-5-4-6-16(11-14)12-25-13-19(22)21(3)15(2)17-7-9-18(10-8-17)26(20,23)24/h4-11,15H,12-13H2,1-3H3,(H2,20,23,24). The quantitative estimate of drug-likeness (QED) is 0.785. The van der Waals surface area contributed by atoms with Crippen molar-refractivity contribution in [3.8, 4) is 0 Å². The highest BCUT2D eigenvalue weighted by Gasteiger charge is 2.18. The van der Waals surface area contributed by atoms with Gasteiger partial charge in [-0.2, -0.15) is 0 Å². The molecule has 2 rings (SSSR count). The number of aryl methyl sites for hydroxylation is 1. The molecule has 1 unspecified atom stereocenters. The molecule has 5 nitrogen and oxygen atoms in total. The number of primary sulfonamides is 1. The summed E-state index contributed by atoms with van der Waals surface area (Å²) >= 11 is 1.58. The molecule has 0 heterocycles. The van der Waals surface area contributed by atoms with E-state index in [1.807, 2.05) is 13.0 Å². The second-order valence-electron chi connectivity index (χ2n) is 6.28. The molecule has 0 saturated carbocycles. The van der Waals surface area contributed by atoms with Crippen molar-refractivity contribution in [2.45, 2.75) is 30.5 Å². The van der Waals surface area contributed by atoms with Gasteiger partial charge in [0.1, 0.15) is 0 Å². The molecule has 0 radical (unpaired) electrons. The number of benzene rings is 2. The Morgan fingerprint density at radius 1 is 1.19 bits per heavy atom. The number of hydrogen-bond acceptors (Lipinski definition) is 4. The molecule has 0 saturated heterocycles. The summed E-state index contributed by atoms with van der Waals surface area (Å²) in [6, 6.07) is 14.4. The smallest absolute Gasteiger partial charge is 0.238 e. The van der Waals surface area contributed by atoms with Crippen molar-refractivity contribution in [3.63, 3.8) is 0 Å². The van der Waals surface area contributed by atoms with E-state index in [4.69, 9.17) is 5.14 Å². The molecule has 0 bridgehead atoms. The summed E-state index contributed by atoms with van der Waals surface area (Å²) in [6.45, 7) is 3.96. The van der Waals surface area contributed by atoms with Crippen LogP contribution in [0.3, 0.4) is 0 Å². The van der Waals surface area contributed by atoms with Crippen molar-refractivity contribution in [3.05, 3.63) is 65.2 Å². The van der Waals surface area contributed by atoms with Crippen LogP contribution in [-0.4, -0.2) is 32.0 Å². The van der Waals surface area contributed by atoms with Crippen molar-refractivity contribution < 1.29 is 13.2 Å². The van der Waals surface area contributed by atoms with Gasteiger partial charge in [-0.1, -0.05) is 42.0 Å². The van der Waals surface area contributed by atoms with Crippen molar-refractivity contribution in [1.82, 2.24) is 4.90 Å². The summed E-state index contributed by atoms with van der Waals surface area (Å²) in [7, 11) is -1.95. The van der Waals surface area contributed by atoms with E-state index in [-0.39, 0.29) is 16.8 Å². The maximum Gasteiger partial charge on any atom is 0.238 e. The van der Waals surface area contributed by atoms with Crippen LogP contribution in [0.5, 0.6) is 0 Å². The predicted molar refractivity (Wildman–Crippen MR) is 106 cm³/mol. The van der Waals surface area contributed by atoms with Gasteiger partial charge in [-0.15, -0.1) is 11.8 Å². The minimum absolute atomic E-state index is 0.0330. The lowest BCUT2D eigenvalue weighted by molar-refractivity contribution is -0.128. The lowest BCUT2D eigenvalue weighted by Gasteiger charge is -2.25. The fourth-order valence-electron chi connectivity index (χ4n) is 2.54. The second kappa shape index (κ2) is 8.70. The van der Waals surface area contributed by atoms with E-state index >= 15 is 0 Å². The fraction of sp³-hybridized carbons (Fsp3) is 0.316. The average molecular weight is 393 g/mol. The third kappa shape index (κ3) is 5.59. The topological polar surface area (TPSA) is 80.5 Å². The maximum absolute atomic E-state index is 12.4. The third-order valence-electron chi connectivity index (χ3n) is 4.24. The molecular formula is C19H24N2O3S2. The lowest BCUT2D eigenvalue weighted by Crippen LogP contribution is -2.31. The lowest BCUT2D eigenvalue weighted by atomic mass is 10.1. The van der Waals surface area contributed by atoms with Crippen LogP contribution in [0.25, 0.3) is 0 Å². The summed E-state index contributed by atoms with van der Waals surface area (Å²) in [5.41, 5.74) is 3.28. The molecule has 26 heavy (non-hydrogen) atoms. The van der Waals surface area contributed by atoms with Gasteiger partial charge in [0.15, 0.2) is 0 Å². The highest BCUT2D eigenvalue weighted by molar-refractivity contribution is 7.99. The molecule has 2 aromatic rings. The van der Waals surface area contributed by atoms with Crippen molar-refractivity contribution in [2.24, 2.45) is 5.14 Å². The Labute approximate surface area is 159 Å². The van der Waals surface area contributed by atoms with Gasteiger partial charge in [-0.3, -0.25) is 4.79 Å². The van der Waals surface area contributed by atoms with Gasteiger partial charge >= 0.3 is 0 Å². The second-order valence-corrected chi connectivity index (χ2v) is 8.82. The summed E-state index contributed by atoms with van der Waals surface area (Å²) in [5, 5.41) is 5.11. The number of hydrogen-bond donors (Lipinski definition) is 1. The Kier molecular flexibility index (Phi) is 6.86. The Morgan fingerprint density at radius 3 is 2.42 bits per heavy atom. The molecule has 0 aliphatic rings. The number of amides is 1. The zero-order valence-electron chi connectivity index (χ0n) is 15.2. The summed E-state index contributed by atoms with van der Waals surface area (Å²) < 4.78 is 22.6. The van der Waals surface area contributed by atoms with Gasteiger partial charge in [0.25, 0.3) is 0 Å². The van der Waals surface area contributed by atoms with Crippen LogP contribution in [0, 0.1) is 6.92 Å². The van der Waals surface area contributed by atoms with Crippen LogP contribution in [0.1, 0.15) is 29.7 Å². The van der Waals surface area contributed by atoms with Gasteiger partial charge in [0.05, 0.1) is 16.7 Å². The monoisotopic (exact) mass is 392 g/mol. The van der Waals surface area contributed by atoms with Gasteiger partial charge < -0.3 is 4.90 Å². The molecular weight excluding hydrogens is 368 g/mol. The van der Waals surface area contributed by atoms with Crippen LogP contribution in [-0.2, 0) is 20.6 Å². The largest absolute Gasteiger partial charge is 0.338 e. The Bertz CT molecular complexity index is 865. The van der Waals surface area contributed by atoms with Crippen molar-refractivity contribution in [2.75, 3.05) is 12.8 Å². The van der Waals surface area contributed by atoms with Crippen LogP contribution >= 0.6 is 11.8 Å². The van der Waals surface area contributed by atoms with E-state index in [1.165, 1.54) is 23.3 Å². The van der Waals surface area contributed by atoms with Crippen molar-refractivity contribution in [1.29, 1.82) is 0 Å². The number of nitrogens with zero attached hydrogens (tertiary/aromatic N) is 1. The first-order chi connectivity index (χ1) is 12.2. The van der Waals surface area contributed by atoms with E-state index in [2.05, 4.69) is 25.1 Å². The number of rotatable bonds is 7. The van der Waals surface area contributed by atoms with Crippen LogP contribution in [0.4, 0.5) is 0 Å². The molecule has 0 fully saturated rings. The normalized spacial score (nSPS) is 12.6. The number of carbonyl (C=O) groups is 1. The van der Waals surface area contributed by atoms with E-state index < -0.39 is 10.0 Å². The molecule has 1 amide bonds. The van der Waals surface area contributed by atoms with Crippen LogP contribution in [0.2, 0.25) is 0 Å². The number of carbonyl (C=O) groups excluding carboxylic acids is 1. The van der Waals surface area contributed by atoms with Crippen LogP contribution < -0.4 is 5.14 Å². The first-order valence-corrected chi connectivity index (χ1v) is 10.9. The number of thioether (sulfide) groups is 1. The summed E-state index contributed by atoms with van der Waals surface area (Å²) in [5.74, 6) is 1.22. The molecule has 0 aliphatic carbocycles. The molecule has 140 valence electrons. The van der Waals surface area contributed by atoms with Gasteiger partial charge in [0, 0.05) is 12.8 Å². The summed E-state index contributed by atoms with van der Waals surface area (Å²) in [4.78, 5) is 14.2. The van der Waals surface area contributed by atoms with Gasteiger partial charge in [-0.05, 0) is 37.1 Å². The summed E-state index contributed by atoms with van der Waals surface area (Å²) in [6.07, 6.45) is 0. The van der Waals surface area contributed by atoms with E-state index in [9.17, 15) is 13.2 Å². The van der Waals surface area contributed by atoms with E-state index in [1.54, 1.807) is 35.8 Å². The maximum atomic E-state index is 12.4. The van der Waals surface area contributed by atoms with Gasteiger partial charge in [0.2, 0.25) is 15.9 Å². The first-order valence-electron chi connectivity index (χ1n) is 8.20. The molecule has 0 aromatic heterocycles. The highest BCUT2D eigenvalue weighted by atomic mass is 32.2.